The molecule has 1 fully saturated rings. The van der Waals surface area contributed by atoms with E-state index in [1.807, 2.05) is 41.3 Å². The topological polar surface area (TPSA) is 72.6 Å². The van der Waals surface area contributed by atoms with Crippen molar-refractivity contribution in [3.63, 3.8) is 0 Å². The van der Waals surface area contributed by atoms with E-state index in [0.29, 0.717) is 48.4 Å². The maximum absolute atomic E-state index is 12.7. The monoisotopic (exact) mass is 443 g/mol. The summed E-state index contributed by atoms with van der Waals surface area (Å²) >= 11 is 5.93. The van der Waals surface area contributed by atoms with Crippen molar-refractivity contribution in [3.05, 3.63) is 82.9 Å². The van der Waals surface area contributed by atoms with Gasteiger partial charge in [-0.25, -0.2) is 14.5 Å². The molecule has 0 aliphatic carbocycles. The molecule has 0 radical (unpaired) electrons. The van der Waals surface area contributed by atoms with E-state index in [-0.39, 0.29) is 5.91 Å². The minimum absolute atomic E-state index is 0.0200. The maximum Gasteiger partial charge on any atom is 0.254 e. The molecule has 1 aliphatic heterocycles. The zero-order chi connectivity index (χ0) is 21.9. The zero-order valence-electron chi connectivity index (χ0n) is 17.0. The Kier molecular flexibility index (Phi) is 5.55. The number of rotatable bonds is 2. The first-order valence-electron chi connectivity index (χ1n) is 10.1. The van der Waals surface area contributed by atoms with Gasteiger partial charge >= 0.3 is 0 Å². The Balaban J connectivity index is 1.41. The van der Waals surface area contributed by atoms with Crippen LogP contribution in [0, 0.1) is 11.8 Å². The number of nitrogens with zero attached hydrogens (tertiary/aromatic N) is 5. The van der Waals surface area contributed by atoms with Crippen molar-refractivity contribution in [2.45, 2.75) is 0 Å². The second kappa shape index (κ2) is 8.79. The number of pyridine rings is 1. The van der Waals surface area contributed by atoms with E-state index in [1.165, 1.54) is 0 Å². The zero-order valence-corrected chi connectivity index (χ0v) is 17.8. The van der Waals surface area contributed by atoms with Crippen molar-refractivity contribution in [2.24, 2.45) is 0 Å². The van der Waals surface area contributed by atoms with E-state index in [0.717, 1.165) is 16.8 Å². The quantitative estimate of drug-likeness (QED) is 0.351. The first kappa shape index (κ1) is 20.2. The van der Waals surface area contributed by atoms with Gasteiger partial charge in [0, 0.05) is 36.0 Å². The van der Waals surface area contributed by atoms with Crippen molar-refractivity contribution in [1.82, 2.24) is 24.5 Å². The van der Waals surface area contributed by atoms with Crippen LogP contribution in [0.4, 0.5) is 0 Å². The summed E-state index contributed by atoms with van der Waals surface area (Å²) in [6.45, 7) is 2.40. The van der Waals surface area contributed by atoms with Gasteiger partial charge in [-0.05, 0) is 42.3 Å². The van der Waals surface area contributed by atoms with Crippen LogP contribution in [0.5, 0.6) is 0 Å². The summed E-state index contributed by atoms with van der Waals surface area (Å²) in [6.07, 6.45) is 3.30. The molecule has 7 nitrogen and oxygen atoms in total. The Morgan fingerprint density at radius 1 is 1.00 bits per heavy atom. The summed E-state index contributed by atoms with van der Waals surface area (Å²) in [5.74, 6) is 6.18. The third kappa shape index (κ3) is 4.19. The second-order valence-electron chi connectivity index (χ2n) is 7.23. The van der Waals surface area contributed by atoms with E-state index in [4.69, 9.17) is 21.4 Å². The predicted molar refractivity (Wildman–Crippen MR) is 120 cm³/mol. The number of ether oxygens (including phenoxy) is 1. The number of halogens is 1. The molecule has 5 rings (SSSR count). The summed E-state index contributed by atoms with van der Waals surface area (Å²) in [7, 11) is 0. The number of fused-ring (bicyclic) bond motifs is 1. The van der Waals surface area contributed by atoms with Crippen LogP contribution < -0.4 is 0 Å². The molecule has 1 aromatic carbocycles. The van der Waals surface area contributed by atoms with Crippen molar-refractivity contribution >= 4 is 23.2 Å². The Morgan fingerprint density at radius 2 is 1.81 bits per heavy atom. The van der Waals surface area contributed by atoms with Crippen molar-refractivity contribution in [1.29, 1.82) is 0 Å². The molecule has 0 bridgehead atoms. The van der Waals surface area contributed by atoms with E-state index < -0.39 is 0 Å². The van der Waals surface area contributed by atoms with Crippen LogP contribution in [-0.2, 0) is 4.74 Å². The fourth-order valence-electron chi connectivity index (χ4n) is 3.46. The lowest BCUT2D eigenvalue weighted by Gasteiger charge is -2.26. The van der Waals surface area contributed by atoms with E-state index in [1.54, 1.807) is 29.0 Å². The molecule has 0 spiro atoms. The Bertz CT molecular complexity index is 1350. The minimum Gasteiger partial charge on any atom is -0.378 e. The number of imidazole rings is 1. The third-order valence-electron chi connectivity index (χ3n) is 5.15. The van der Waals surface area contributed by atoms with Gasteiger partial charge in [0.25, 0.3) is 5.91 Å². The van der Waals surface area contributed by atoms with Gasteiger partial charge in [-0.2, -0.15) is 5.10 Å². The van der Waals surface area contributed by atoms with Gasteiger partial charge in [-0.15, -0.1) is 0 Å². The van der Waals surface area contributed by atoms with Crippen LogP contribution in [0.25, 0.3) is 16.9 Å². The van der Waals surface area contributed by atoms with Crippen molar-refractivity contribution in [2.75, 3.05) is 26.3 Å². The Morgan fingerprint density at radius 3 is 2.59 bits per heavy atom. The number of carbonyl (C=O) groups is 1. The number of carbonyl (C=O) groups excluding carboxylic acids is 1. The summed E-state index contributed by atoms with van der Waals surface area (Å²) in [5.41, 5.74) is 4.44. The van der Waals surface area contributed by atoms with Crippen LogP contribution in [0.1, 0.15) is 21.6 Å². The normalized spacial score (nSPS) is 13.6. The average molecular weight is 444 g/mol. The molecule has 0 unspecified atom stereocenters. The molecule has 0 atom stereocenters. The number of amides is 1. The molecule has 1 amide bonds. The van der Waals surface area contributed by atoms with Gasteiger partial charge in [0.05, 0.1) is 25.1 Å². The number of morpholine rings is 1. The standard InChI is InChI=1S/C24H18ClN5O2/c25-22-15-17(9-10-26-22)1-6-20-16-27-23-8-7-21(28-30(20)23)18-2-4-19(5-3-18)24(31)29-11-13-32-14-12-29/h2-5,7-10,15-16H,11-14H2. The molecule has 8 heteroatoms. The maximum atomic E-state index is 12.7. The van der Waals surface area contributed by atoms with Crippen LogP contribution >= 0.6 is 11.6 Å². The summed E-state index contributed by atoms with van der Waals surface area (Å²) in [4.78, 5) is 22.8. The molecule has 32 heavy (non-hydrogen) atoms. The van der Waals surface area contributed by atoms with E-state index >= 15 is 0 Å². The number of hydrogen-bond donors (Lipinski definition) is 0. The first-order valence-corrected chi connectivity index (χ1v) is 10.5. The first-order chi connectivity index (χ1) is 15.7. The second-order valence-corrected chi connectivity index (χ2v) is 7.62. The molecule has 0 N–H and O–H groups in total. The highest BCUT2D eigenvalue weighted by Crippen LogP contribution is 2.19. The van der Waals surface area contributed by atoms with Gasteiger partial charge in [-0.1, -0.05) is 29.7 Å². The molecule has 4 aromatic rings. The van der Waals surface area contributed by atoms with Gasteiger partial charge in [0.1, 0.15) is 10.8 Å². The lowest BCUT2D eigenvalue weighted by atomic mass is 10.1. The predicted octanol–water partition coefficient (Wildman–Crippen LogP) is 3.32. The Labute approximate surface area is 189 Å². The van der Waals surface area contributed by atoms with Gasteiger partial charge in [0.15, 0.2) is 5.65 Å². The van der Waals surface area contributed by atoms with Gasteiger partial charge in [0.2, 0.25) is 0 Å². The lowest BCUT2D eigenvalue weighted by molar-refractivity contribution is 0.0303. The highest BCUT2D eigenvalue weighted by Gasteiger charge is 2.18. The molecular formula is C24H18ClN5O2. The highest BCUT2D eigenvalue weighted by atomic mass is 35.5. The van der Waals surface area contributed by atoms with Crippen LogP contribution in [0.15, 0.2) is 60.9 Å². The number of aromatic nitrogens is 4. The van der Waals surface area contributed by atoms with Crippen LogP contribution in [-0.4, -0.2) is 56.7 Å². The minimum atomic E-state index is 0.0200. The number of hydrogen-bond acceptors (Lipinski definition) is 5. The SMILES string of the molecule is O=C(c1ccc(-c2ccc3ncc(C#Cc4ccnc(Cl)c4)n3n2)cc1)N1CCOCC1. The fourth-order valence-corrected chi connectivity index (χ4v) is 3.64. The largest absolute Gasteiger partial charge is 0.378 e. The molecule has 1 aliphatic rings. The smallest absolute Gasteiger partial charge is 0.254 e. The average Bonchev–Trinajstić information content (AvgIpc) is 3.25. The van der Waals surface area contributed by atoms with E-state index in [9.17, 15) is 4.79 Å². The van der Waals surface area contributed by atoms with Crippen molar-refractivity contribution in [3.8, 4) is 23.1 Å². The van der Waals surface area contributed by atoms with Crippen molar-refractivity contribution < 1.29 is 9.53 Å². The molecule has 0 saturated carbocycles. The molecule has 158 valence electrons. The van der Waals surface area contributed by atoms with Crippen LogP contribution in [0.2, 0.25) is 5.15 Å². The molecule has 1 saturated heterocycles. The molecule has 4 heterocycles. The molecular weight excluding hydrogens is 426 g/mol. The summed E-state index contributed by atoms with van der Waals surface area (Å²) in [5, 5.41) is 5.10. The van der Waals surface area contributed by atoms with Gasteiger partial charge < -0.3 is 9.64 Å². The summed E-state index contributed by atoms with van der Waals surface area (Å²) in [6, 6.07) is 14.8. The Hall–Kier alpha value is -3.73. The van der Waals surface area contributed by atoms with Crippen LogP contribution in [0.3, 0.4) is 0 Å². The van der Waals surface area contributed by atoms with Gasteiger partial charge in [-0.3, -0.25) is 4.79 Å². The third-order valence-corrected chi connectivity index (χ3v) is 5.36. The fraction of sp³-hybridized carbons (Fsp3) is 0.167. The van der Waals surface area contributed by atoms with E-state index in [2.05, 4.69) is 21.8 Å². The molecule has 3 aromatic heterocycles. The highest BCUT2D eigenvalue weighted by molar-refractivity contribution is 6.29. The summed E-state index contributed by atoms with van der Waals surface area (Å²) < 4.78 is 7.03. The lowest BCUT2D eigenvalue weighted by Crippen LogP contribution is -2.40. The number of benzene rings is 1.